The average molecular weight is 666 g/mol. The van der Waals surface area contributed by atoms with Crippen LogP contribution in [-0.4, -0.2) is 0 Å². The van der Waals surface area contributed by atoms with E-state index < -0.39 is 5.41 Å². The van der Waals surface area contributed by atoms with Gasteiger partial charge in [-0.2, -0.15) is 0 Å². The van der Waals surface area contributed by atoms with Crippen LogP contribution in [0.4, 0.5) is 45.5 Å². The van der Waals surface area contributed by atoms with Crippen LogP contribution < -0.4 is 15.1 Å². The molecule has 0 fully saturated rings. The molecule has 2 aliphatic heterocycles. The van der Waals surface area contributed by atoms with Gasteiger partial charge in [0, 0.05) is 34.1 Å². The molecule has 0 saturated carbocycles. The second-order valence-corrected chi connectivity index (χ2v) is 13.4. The highest BCUT2D eigenvalue weighted by Crippen LogP contribution is 2.61. The fraction of sp³-hybridized carbons (Fsp3) is 0.0204. The molecule has 246 valence electrons. The summed E-state index contributed by atoms with van der Waals surface area (Å²) in [5.41, 5.74) is 16.1. The van der Waals surface area contributed by atoms with Crippen molar-refractivity contribution in [2.24, 2.45) is 0 Å². The molecule has 10 rings (SSSR count). The zero-order valence-corrected chi connectivity index (χ0v) is 28.5. The maximum absolute atomic E-state index is 3.75. The number of rotatable bonds is 5. The summed E-state index contributed by atoms with van der Waals surface area (Å²) in [6.45, 7) is 0. The lowest BCUT2D eigenvalue weighted by Gasteiger charge is -2.49. The molecule has 2 heterocycles. The van der Waals surface area contributed by atoms with Gasteiger partial charge in [0.1, 0.15) is 0 Å². The summed E-state index contributed by atoms with van der Waals surface area (Å²) in [5, 5.41) is 3.75. The SMILES string of the molecule is c1ccc(N(c2ccccc2)c2ccc(-c3ccc(N4c5ccccc5C5(c6ccccc6Nc6ccccc65)c5ccccc54)cc3)cc2)cc1. The third-order valence-electron chi connectivity index (χ3n) is 10.6. The molecule has 0 aromatic heterocycles. The van der Waals surface area contributed by atoms with E-state index in [1.54, 1.807) is 0 Å². The van der Waals surface area contributed by atoms with Gasteiger partial charge in [0.25, 0.3) is 0 Å². The highest BCUT2D eigenvalue weighted by atomic mass is 15.2. The molecule has 0 radical (unpaired) electrons. The molecular formula is C49H35N3. The van der Waals surface area contributed by atoms with E-state index in [-0.39, 0.29) is 0 Å². The van der Waals surface area contributed by atoms with E-state index in [1.807, 2.05) is 0 Å². The Balaban J connectivity index is 1.06. The third kappa shape index (κ3) is 4.60. The Morgan fingerprint density at radius 1 is 0.346 bits per heavy atom. The zero-order chi connectivity index (χ0) is 34.5. The van der Waals surface area contributed by atoms with Crippen LogP contribution >= 0.6 is 0 Å². The minimum absolute atomic E-state index is 0.475. The van der Waals surface area contributed by atoms with Crippen molar-refractivity contribution < 1.29 is 0 Å². The zero-order valence-electron chi connectivity index (χ0n) is 28.5. The molecule has 0 atom stereocenters. The van der Waals surface area contributed by atoms with Crippen LogP contribution in [0.3, 0.4) is 0 Å². The van der Waals surface area contributed by atoms with Crippen molar-refractivity contribution in [1.29, 1.82) is 0 Å². The van der Waals surface area contributed by atoms with Gasteiger partial charge < -0.3 is 15.1 Å². The molecule has 52 heavy (non-hydrogen) atoms. The predicted molar refractivity (Wildman–Crippen MR) is 216 cm³/mol. The van der Waals surface area contributed by atoms with E-state index in [9.17, 15) is 0 Å². The molecule has 0 amide bonds. The summed E-state index contributed by atoms with van der Waals surface area (Å²) in [6, 6.07) is 74.5. The van der Waals surface area contributed by atoms with Crippen LogP contribution in [0.15, 0.2) is 206 Å². The molecule has 1 spiro atoms. The molecule has 0 unspecified atom stereocenters. The van der Waals surface area contributed by atoms with Crippen molar-refractivity contribution in [3.8, 4) is 11.1 Å². The Bertz CT molecular complexity index is 2410. The Morgan fingerprint density at radius 3 is 1.23 bits per heavy atom. The van der Waals surface area contributed by atoms with Crippen molar-refractivity contribution in [2.75, 3.05) is 15.1 Å². The quantitative estimate of drug-likeness (QED) is 0.197. The fourth-order valence-corrected chi connectivity index (χ4v) is 8.44. The summed E-state index contributed by atoms with van der Waals surface area (Å²) in [7, 11) is 0. The number of para-hydroxylation sites is 6. The topological polar surface area (TPSA) is 18.5 Å². The molecule has 2 aliphatic rings. The van der Waals surface area contributed by atoms with Gasteiger partial charge >= 0.3 is 0 Å². The molecule has 0 bridgehead atoms. The standard InChI is InChI=1S/C49H35N3/c1-3-15-37(16-4-1)51(38-17-5-2-6-18-38)39-31-27-35(28-32-39)36-29-33-40(34-30-36)52-47-25-13-9-21-43(47)49(44-22-10-14-26-48(44)52)41-19-7-11-23-45(41)50-46-24-12-8-20-42(46)49/h1-34,50H. The average Bonchev–Trinajstić information content (AvgIpc) is 3.22. The van der Waals surface area contributed by atoms with Gasteiger partial charge in [0.05, 0.1) is 16.8 Å². The van der Waals surface area contributed by atoms with Gasteiger partial charge in [-0.05, 0) is 106 Å². The van der Waals surface area contributed by atoms with Crippen molar-refractivity contribution >= 4 is 45.5 Å². The lowest BCUT2D eigenvalue weighted by atomic mass is 9.60. The molecule has 3 heteroatoms. The maximum Gasteiger partial charge on any atom is 0.0782 e. The van der Waals surface area contributed by atoms with Crippen LogP contribution in [-0.2, 0) is 5.41 Å². The first-order chi connectivity index (χ1) is 25.8. The van der Waals surface area contributed by atoms with E-state index >= 15 is 0 Å². The molecule has 3 nitrogen and oxygen atoms in total. The lowest BCUT2D eigenvalue weighted by Crippen LogP contribution is -2.40. The maximum atomic E-state index is 3.75. The van der Waals surface area contributed by atoms with Gasteiger partial charge in [-0.3, -0.25) is 0 Å². The van der Waals surface area contributed by atoms with Gasteiger partial charge in [-0.15, -0.1) is 0 Å². The predicted octanol–water partition coefficient (Wildman–Crippen LogP) is 13.0. The first-order valence-corrected chi connectivity index (χ1v) is 17.9. The third-order valence-corrected chi connectivity index (χ3v) is 10.6. The summed E-state index contributed by atoms with van der Waals surface area (Å²) in [5.74, 6) is 0. The van der Waals surface area contributed by atoms with E-state index in [0.29, 0.717) is 0 Å². The van der Waals surface area contributed by atoms with Crippen molar-refractivity contribution in [3.63, 3.8) is 0 Å². The van der Waals surface area contributed by atoms with Crippen molar-refractivity contribution in [2.45, 2.75) is 5.41 Å². The first-order valence-electron chi connectivity index (χ1n) is 17.9. The highest BCUT2D eigenvalue weighted by molar-refractivity contribution is 5.94. The minimum Gasteiger partial charge on any atom is -0.355 e. The molecule has 0 saturated heterocycles. The normalized spacial score (nSPS) is 13.3. The van der Waals surface area contributed by atoms with Gasteiger partial charge in [-0.25, -0.2) is 0 Å². The number of hydrogen-bond acceptors (Lipinski definition) is 3. The molecular weight excluding hydrogens is 631 g/mol. The Kier molecular flexibility index (Phi) is 7.04. The molecule has 0 aliphatic carbocycles. The van der Waals surface area contributed by atoms with Gasteiger partial charge in [-0.1, -0.05) is 133 Å². The van der Waals surface area contributed by atoms with Crippen LogP contribution in [0.1, 0.15) is 22.3 Å². The van der Waals surface area contributed by atoms with Gasteiger partial charge in [0.2, 0.25) is 0 Å². The first kappa shape index (κ1) is 30.0. The van der Waals surface area contributed by atoms with Crippen LogP contribution in [0.25, 0.3) is 11.1 Å². The Hall–Kier alpha value is -6.84. The summed E-state index contributed by atoms with van der Waals surface area (Å²) in [4.78, 5) is 4.73. The number of nitrogens with one attached hydrogen (secondary N) is 1. The van der Waals surface area contributed by atoms with Gasteiger partial charge in [0.15, 0.2) is 0 Å². The number of fused-ring (bicyclic) bond motifs is 8. The molecule has 8 aromatic rings. The van der Waals surface area contributed by atoms with E-state index in [4.69, 9.17) is 0 Å². The number of anilines is 8. The lowest BCUT2D eigenvalue weighted by molar-refractivity contribution is 0.727. The Labute approximate surface area is 304 Å². The molecule has 1 N–H and O–H groups in total. The fourth-order valence-electron chi connectivity index (χ4n) is 8.44. The Morgan fingerprint density at radius 2 is 0.731 bits per heavy atom. The van der Waals surface area contributed by atoms with Crippen LogP contribution in [0.5, 0.6) is 0 Å². The number of hydrogen-bond donors (Lipinski definition) is 1. The van der Waals surface area contributed by atoms with E-state index in [2.05, 4.69) is 221 Å². The van der Waals surface area contributed by atoms with Crippen molar-refractivity contribution in [3.05, 3.63) is 229 Å². The van der Waals surface area contributed by atoms with E-state index in [1.165, 1.54) is 44.8 Å². The van der Waals surface area contributed by atoms with Crippen molar-refractivity contribution in [1.82, 2.24) is 0 Å². The second kappa shape index (κ2) is 12.2. The second-order valence-electron chi connectivity index (χ2n) is 13.4. The van der Waals surface area contributed by atoms with Crippen LogP contribution in [0.2, 0.25) is 0 Å². The summed E-state index contributed by atoms with van der Waals surface area (Å²) < 4.78 is 0. The summed E-state index contributed by atoms with van der Waals surface area (Å²) in [6.07, 6.45) is 0. The largest absolute Gasteiger partial charge is 0.355 e. The minimum atomic E-state index is -0.475. The summed E-state index contributed by atoms with van der Waals surface area (Å²) >= 11 is 0. The van der Waals surface area contributed by atoms with E-state index in [0.717, 1.165) is 34.1 Å². The van der Waals surface area contributed by atoms with Crippen LogP contribution in [0, 0.1) is 0 Å². The highest BCUT2D eigenvalue weighted by Gasteiger charge is 2.50. The molecule has 8 aromatic carbocycles. The smallest absolute Gasteiger partial charge is 0.0782 e. The monoisotopic (exact) mass is 665 g/mol. The number of nitrogens with zero attached hydrogens (tertiary/aromatic N) is 2. The number of benzene rings is 8.